The summed E-state index contributed by atoms with van der Waals surface area (Å²) in [6.45, 7) is 1.90. The highest BCUT2D eigenvalue weighted by atomic mass is 16.5. The summed E-state index contributed by atoms with van der Waals surface area (Å²) < 4.78 is 6.57. The second-order valence-corrected chi connectivity index (χ2v) is 11.9. The molecule has 7 heteroatoms. The molecule has 2 aromatic rings. The topological polar surface area (TPSA) is 90.3 Å². The zero-order valence-corrected chi connectivity index (χ0v) is 21.2. The van der Waals surface area contributed by atoms with Crippen molar-refractivity contribution in [1.29, 1.82) is 0 Å². The number of phenols is 1. The maximum Gasteiger partial charge on any atom is 0.230 e. The van der Waals surface area contributed by atoms with Crippen LogP contribution in [0.5, 0.6) is 11.5 Å². The van der Waals surface area contributed by atoms with E-state index in [9.17, 15) is 19.8 Å². The molecule has 7 rings (SSSR count). The van der Waals surface area contributed by atoms with Gasteiger partial charge in [-0.2, -0.15) is 0 Å². The van der Waals surface area contributed by atoms with Gasteiger partial charge in [-0.1, -0.05) is 36.4 Å². The first kappa shape index (κ1) is 23.2. The average molecular weight is 503 g/mol. The van der Waals surface area contributed by atoms with Gasteiger partial charge in [0.25, 0.3) is 0 Å². The van der Waals surface area contributed by atoms with Crippen LogP contribution in [0.3, 0.4) is 0 Å². The number of likely N-dealkylation sites (tertiary alicyclic amines) is 1. The Kier molecular flexibility index (Phi) is 5.05. The number of piperidine rings is 1. The molecule has 2 aliphatic heterocycles. The lowest BCUT2D eigenvalue weighted by Gasteiger charge is -2.64. The molecule has 2 aromatic carbocycles. The third kappa shape index (κ3) is 3.20. The minimum Gasteiger partial charge on any atom is -0.504 e. The lowest BCUT2D eigenvalue weighted by molar-refractivity contribution is -0.200. The third-order valence-corrected chi connectivity index (χ3v) is 10.0. The summed E-state index contributed by atoms with van der Waals surface area (Å²) in [6.07, 6.45) is 4.47. The number of aliphatic hydroxyl groups is 1. The fourth-order valence-corrected chi connectivity index (χ4v) is 8.03. The van der Waals surface area contributed by atoms with Crippen LogP contribution in [0, 0.1) is 5.92 Å². The third-order valence-electron chi connectivity index (χ3n) is 10.0. The monoisotopic (exact) mass is 502 g/mol. The zero-order valence-electron chi connectivity index (χ0n) is 21.2. The molecule has 2 N–H and O–H groups in total. The fourth-order valence-electron chi connectivity index (χ4n) is 8.03. The molecule has 2 bridgehead atoms. The molecule has 1 spiro atoms. The lowest BCUT2D eigenvalue weighted by Crippen LogP contribution is -2.78. The number of carbonyl (C=O) groups is 2. The number of carbonyl (C=O) groups excluding carboxylic acids is 2. The number of aromatic hydroxyl groups is 1. The highest BCUT2D eigenvalue weighted by Gasteiger charge is 2.73. The number of hydrogen-bond donors (Lipinski definition) is 2. The van der Waals surface area contributed by atoms with Gasteiger partial charge in [0.15, 0.2) is 17.3 Å². The predicted molar refractivity (Wildman–Crippen MR) is 137 cm³/mol. The molecule has 7 nitrogen and oxygen atoms in total. The van der Waals surface area contributed by atoms with Gasteiger partial charge in [-0.15, -0.1) is 0 Å². The van der Waals surface area contributed by atoms with Gasteiger partial charge in [-0.3, -0.25) is 14.5 Å². The molecular weight excluding hydrogens is 468 g/mol. The van der Waals surface area contributed by atoms with E-state index in [0.29, 0.717) is 24.2 Å². The number of ketones is 1. The van der Waals surface area contributed by atoms with Crippen molar-refractivity contribution < 1.29 is 24.5 Å². The largest absolute Gasteiger partial charge is 0.504 e. The van der Waals surface area contributed by atoms with E-state index in [1.54, 1.807) is 42.3 Å². The standard InChI is InChI=1S/C30H34N2O5/c1-31(25(35)16-23(34)19-5-3-2-4-6-19)21-11-12-30(36)24-15-20-9-10-22(33)27-26(20)29(30,28(21)37-27)13-14-32(24)17-18-7-8-18/h2-6,9-10,18,21,24,28,33,36H,7-8,11-17H2,1H3/t21-,24+,28+,29+,30-/m1/s1. The second kappa shape index (κ2) is 8.05. The van der Waals surface area contributed by atoms with E-state index >= 15 is 0 Å². The maximum absolute atomic E-state index is 13.4. The molecule has 5 aliphatic rings. The predicted octanol–water partition coefficient (Wildman–Crippen LogP) is 3.06. The Balaban J connectivity index is 1.24. The van der Waals surface area contributed by atoms with Gasteiger partial charge in [-0.25, -0.2) is 0 Å². The summed E-state index contributed by atoms with van der Waals surface area (Å²) >= 11 is 0. The van der Waals surface area contributed by atoms with Crippen LogP contribution in [0.15, 0.2) is 42.5 Å². The van der Waals surface area contributed by atoms with Crippen molar-refractivity contribution in [2.75, 3.05) is 20.1 Å². The normalized spacial score (nSPS) is 33.4. The number of benzene rings is 2. The van der Waals surface area contributed by atoms with Gasteiger partial charge in [0.05, 0.1) is 23.5 Å². The second-order valence-electron chi connectivity index (χ2n) is 11.9. The van der Waals surface area contributed by atoms with Gasteiger partial charge in [0, 0.05) is 30.8 Å². The molecule has 0 radical (unpaired) electrons. The molecule has 1 saturated heterocycles. The molecular formula is C30H34N2O5. The van der Waals surface area contributed by atoms with Gasteiger partial charge >= 0.3 is 0 Å². The van der Waals surface area contributed by atoms with Crippen molar-refractivity contribution in [3.05, 3.63) is 59.2 Å². The number of ether oxygens (including phenoxy) is 1. The van der Waals surface area contributed by atoms with Crippen molar-refractivity contribution in [3.63, 3.8) is 0 Å². The zero-order chi connectivity index (χ0) is 25.5. The summed E-state index contributed by atoms with van der Waals surface area (Å²) in [5, 5.41) is 23.4. The van der Waals surface area contributed by atoms with Crippen molar-refractivity contribution in [1.82, 2.24) is 9.80 Å². The molecule has 2 saturated carbocycles. The van der Waals surface area contributed by atoms with Crippen LogP contribution in [0.4, 0.5) is 0 Å². The van der Waals surface area contributed by atoms with E-state index in [2.05, 4.69) is 4.90 Å². The fraction of sp³-hybridized carbons (Fsp3) is 0.533. The van der Waals surface area contributed by atoms with Crippen molar-refractivity contribution >= 4 is 11.7 Å². The van der Waals surface area contributed by atoms with E-state index in [4.69, 9.17) is 4.74 Å². The highest BCUT2D eigenvalue weighted by molar-refractivity contribution is 6.07. The molecule has 194 valence electrons. The first-order chi connectivity index (χ1) is 17.8. The van der Waals surface area contributed by atoms with Gasteiger partial charge in [-0.05, 0) is 62.6 Å². The quantitative estimate of drug-likeness (QED) is 0.466. The van der Waals surface area contributed by atoms with Gasteiger partial charge in [0.1, 0.15) is 6.10 Å². The number of phenolic OH excluding ortho intramolecular Hbond substituents is 1. The number of nitrogens with zero attached hydrogens (tertiary/aromatic N) is 2. The average Bonchev–Trinajstić information content (AvgIpc) is 3.64. The molecule has 0 unspecified atom stereocenters. The molecule has 0 aromatic heterocycles. The smallest absolute Gasteiger partial charge is 0.230 e. The summed E-state index contributed by atoms with van der Waals surface area (Å²) in [7, 11) is 1.75. The molecule has 2 heterocycles. The van der Waals surface area contributed by atoms with E-state index in [0.717, 1.165) is 43.0 Å². The van der Waals surface area contributed by atoms with Crippen LogP contribution in [0.25, 0.3) is 0 Å². The summed E-state index contributed by atoms with van der Waals surface area (Å²) in [5.74, 6) is 0.846. The van der Waals surface area contributed by atoms with Crippen molar-refractivity contribution in [2.24, 2.45) is 5.92 Å². The van der Waals surface area contributed by atoms with Crippen molar-refractivity contribution in [3.8, 4) is 11.5 Å². The van der Waals surface area contributed by atoms with E-state index in [1.807, 2.05) is 12.1 Å². The number of amides is 1. The summed E-state index contributed by atoms with van der Waals surface area (Å²) in [5.41, 5.74) is 0.947. The maximum atomic E-state index is 13.4. The Morgan fingerprint density at radius 3 is 2.65 bits per heavy atom. The summed E-state index contributed by atoms with van der Waals surface area (Å²) in [4.78, 5) is 30.3. The molecule has 5 atom stereocenters. The van der Waals surface area contributed by atoms with Crippen LogP contribution in [0.2, 0.25) is 0 Å². The van der Waals surface area contributed by atoms with Crippen LogP contribution in [-0.4, -0.2) is 75.6 Å². The number of hydrogen-bond acceptors (Lipinski definition) is 6. The molecule has 3 fully saturated rings. The molecule has 3 aliphatic carbocycles. The Morgan fingerprint density at radius 2 is 1.89 bits per heavy atom. The van der Waals surface area contributed by atoms with E-state index in [-0.39, 0.29) is 35.9 Å². The van der Waals surface area contributed by atoms with Gasteiger partial charge < -0.3 is 19.8 Å². The first-order valence-corrected chi connectivity index (χ1v) is 13.7. The number of rotatable bonds is 6. The van der Waals surface area contributed by atoms with E-state index < -0.39 is 17.1 Å². The number of likely N-dealkylation sites (N-methyl/N-ethyl adjacent to an activating group) is 1. The Labute approximate surface area is 217 Å². The summed E-state index contributed by atoms with van der Waals surface area (Å²) in [6, 6.07) is 12.3. The Bertz CT molecular complexity index is 1280. The van der Waals surface area contributed by atoms with E-state index in [1.165, 1.54) is 12.8 Å². The SMILES string of the molecule is CN(C(=O)CC(=O)c1ccccc1)[C@@H]1CC[C@@]2(O)[C@@H]3Cc4ccc(O)c5c4[C@@]2(CCN3CC2CC2)[C@H]1O5. The van der Waals surface area contributed by atoms with Crippen LogP contribution >= 0.6 is 0 Å². The number of Topliss-reactive ketones (excluding diaryl/α,β-unsaturated/α-hetero) is 1. The van der Waals surface area contributed by atoms with Crippen LogP contribution in [-0.2, 0) is 16.6 Å². The lowest BCUT2D eigenvalue weighted by atomic mass is 9.48. The molecule has 37 heavy (non-hydrogen) atoms. The Hall–Kier alpha value is -2.90. The minimum atomic E-state index is -0.989. The van der Waals surface area contributed by atoms with Crippen molar-refractivity contribution in [2.45, 2.75) is 74.1 Å². The van der Waals surface area contributed by atoms with Crippen LogP contribution in [0.1, 0.15) is 60.0 Å². The van der Waals surface area contributed by atoms with Gasteiger partial charge in [0.2, 0.25) is 5.91 Å². The Morgan fingerprint density at radius 1 is 1.11 bits per heavy atom. The molecule has 1 amide bonds. The minimum absolute atomic E-state index is 0.00226. The first-order valence-electron chi connectivity index (χ1n) is 13.7. The highest BCUT2D eigenvalue weighted by Crippen LogP contribution is 2.66. The van der Waals surface area contributed by atoms with Crippen LogP contribution < -0.4 is 4.74 Å².